The van der Waals surface area contributed by atoms with Crippen LogP contribution >= 0.6 is 0 Å². The highest BCUT2D eigenvalue weighted by atomic mass is 16.4. The molecular formula is C7H14O5. The zero-order valence-corrected chi connectivity index (χ0v) is 7.01. The molecule has 0 rings (SSSR count). The van der Waals surface area contributed by atoms with Crippen LogP contribution in [0.4, 0.5) is 0 Å². The van der Waals surface area contributed by atoms with Gasteiger partial charge in [0.15, 0.2) is 6.29 Å². The van der Waals surface area contributed by atoms with E-state index in [2.05, 4.69) is 0 Å². The minimum absolute atomic E-state index is 0.103. The predicted molar refractivity (Wildman–Crippen MR) is 40.4 cm³/mol. The highest BCUT2D eigenvalue weighted by Crippen LogP contribution is 2.16. The summed E-state index contributed by atoms with van der Waals surface area (Å²) in [5.74, 6) is 0. The van der Waals surface area contributed by atoms with E-state index in [0.29, 0.717) is 0 Å². The fourth-order valence-electron chi connectivity index (χ4n) is 0.801. The van der Waals surface area contributed by atoms with E-state index in [1.54, 1.807) is 0 Å². The Kier molecular flexibility index (Phi) is 3.79. The van der Waals surface area contributed by atoms with Crippen molar-refractivity contribution in [2.75, 3.05) is 0 Å². The number of carbonyl (C=O) groups is 1. The van der Waals surface area contributed by atoms with Crippen LogP contribution in [0.5, 0.6) is 0 Å². The topological polar surface area (TPSA) is 98.0 Å². The normalized spacial score (nSPS) is 23.8. The molecule has 0 saturated heterocycles. The third-order valence-electron chi connectivity index (χ3n) is 1.78. The summed E-state index contributed by atoms with van der Waals surface area (Å²) < 4.78 is 0. The SMILES string of the molecule is CC(O)C(O)C(C)(O)C(O)C=O. The van der Waals surface area contributed by atoms with Gasteiger partial charge in [0.1, 0.15) is 17.8 Å². The zero-order chi connectivity index (χ0) is 9.94. The van der Waals surface area contributed by atoms with Gasteiger partial charge in [0.25, 0.3) is 0 Å². The highest BCUT2D eigenvalue weighted by Gasteiger charge is 2.40. The van der Waals surface area contributed by atoms with Gasteiger partial charge in [-0.3, -0.25) is 0 Å². The van der Waals surface area contributed by atoms with Gasteiger partial charge in [0.05, 0.1) is 6.10 Å². The van der Waals surface area contributed by atoms with Gasteiger partial charge >= 0.3 is 0 Å². The molecular weight excluding hydrogens is 164 g/mol. The molecule has 4 atom stereocenters. The van der Waals surface area contributed by atoms with Crippen molar-refractivity contribution in [2.45, 2.75) is 37.8 Å². The molecule has 0 spiro atoms. The molecule has 0 fully saturated rings. The molecule has 5 heteroatoms. The quantitative estimate of drug-likeness (QED) is 0.375. The molecule has 72 valence electrons. The third kappa shape index (κ3) is 2.25. The van der Waals surface area contributed by atoms with Crippen LogP contribution < -0.4 is 0 Å². The number of aliphatic hydroxyl groups excluding tert-OH is 3. The number of carbonyl (C=O) groups excluding carboxylic acids is 1. The maximum absolute atomic E-state index is 10.1. The summed E-state index contributed by atoms with van der Waals surface area (Å²) in [4.78, 5) is 10.1. The number of aldehydes is 1. The molecule has 0 aromatic rings. The van der Waals surface area contributed by atoms with Crippen LogP contribution in [-0.4, -0.2) is 50.6 Å². The number of aliphatic hydroxyl groups is 4. The minimum atomic E-state index is -2.02. The van der Waals surface area contributed by atoms with Gasteiger partial charge in [-0.25, -0.2) is 0 Å². The molecule has 0 amide bonds. The third-order valence-corrected chi connectivity index (χ3v) is 1.78. The summed E-state index contributed by atoms with van der Waals surface area (Å²) in [5.41, 5.74) is -2.02. The Morgan fingerprint density at radius 2 is 1.75 bits per heavy atom. The fourth-order valence-corrected chi connectivity index (χ4v) is 0.801. The maximum Gasteiger partial charge on any atom is 0.151 e. The molecule has 0 saturated carbocycles. The molecule has 0 bridgehead atoms. The van der Waals surface area contributed by atoms with E-state index in [-0.39, 0.29) is 6.29 Å². The summed E-state index contributed by atoms with van der Waals surface area (Å²) in [6, 6.07) is 0. The second-order valence-electron chi connectivity index (χ2n) is 2.99. The van der Waals surface area contributed by atoms with Crippen LogP contribution in [0, 0.1) is 0 Å². The van der Waals surface area contributed by atoms with Crippen LogP contribution in [0.15, 0.2) is 0 Å². The molecule has 12 heavy (non-hydrogen) atoms. The second-order valence-corrected chi connectivity index (χ2v) is 2.99. The largest absolute Gasteiger partial charge is 0.391 e. The van der Waals surface area contributed by atoms with Gasteiger partial charge in [-0.05, 0) is 13.8 Å². The van der Waals surface area contributed by atoms with Crippen LogP contribution in [0.3, 0.4) is 0 Å². The summed E-state index contributed by atoms with van der Waals surface area (Å²) in [5, 5.41) is 36.2. The lowest BCUT2D eigenvalue weighted by Gasteiger charge is -2.32. The van der Waals surface area contributed by atoms with Crippen molar-refractivity contribution in [2.24, 2.45) is 0 Å². The van der Waals surface area contributed by atoms with Gasteiger partial charge in [-0.1, -0.05) is 0 Å². The van der Waals surface area contributed by atoms with Crippen molar-refractivity contribution in [1.82, 2.24) is 0 Å². The molecule has 0 aromatic carbocycles. The van der Waals surface area contributed by atoms with E-state index in [9.17, 15) is 9.90 Å². The standard InChI is InChI=1S/C7H14O5/c1-4(9)6(11)7(2,12)5(10)3-8/h3-6,9-12H,1-2H3. The Morgan fingerprint density at radius 1 is 1.33 bits per heavy atom. The first-order valence-electron chi connectivity index (χ1n) is 3.56. The fraction of sp³-hybridized carbons (Fsp3) is 0.857. The van der Waals surface area contributed by atoms with E-state index in [1.807, 2.05) is 0 Å². The van der Waals surface area contributed by atoms with Crippen molar-refractivity contribution >= 4 is 6.29 Å². The Labute approximate surface area is 70.3 Å². The van der Waals surface area contributed by atoms with E-state index in [1.165, 1.54) is 6.92 Å². The van der Waals surface area contributed by atoms with Crippen molar-refractivity contribution in [3.05, 3.63) is 0 Å². The molecule has 0 aliphatic rings. The molecule has 0 aliphatic heterocycles. The van der Waals surface area contributed by atoms with E-state index in [0.717, 1.165) is 6.92 Å². The molecule has 0 aromatic heterocycles. The van der Waals surface area contributed by atoms with Gasteiger partial charge < -0.3 is 25.2 Å². The number of rotatable bonds is 4. The summed E-state index contributed by atoms with van der Waals surface area (Å²) in [6.45, 7) is 2.32. The molecule has 4 N–H and O–H groups in total. The second kappa shape index (κ2) is 3.95. The van der Waals surface area contributed by atoms with Crippen LogP contribution in [0.1, 0.15) is 13.8 Å². The highest BCUT2D eigenvalue weighted by molar-refractivity contribution is 5.58. The monoisotopic (exact) mass is 178 g/mol. The maximum atomic E-state index is 10.1. The molecule has 4 unspecified atom stereocenters. The van der Waals surface area contributed by atoms with Gasteiger partial charge in [-0.15, -0.1) is 0 Å². The first-order chi connectivity index (χ1) is 5.34. The molecule has 5 nitrogen and oxygen atoms in total. The first-order valence-corrected chi connectivity index (χ1v) is 3.56. The van der Waals surface area contributed by atoms with E-state index >= 15 is 0 Å². The van der Waals surface area contributed by atoms with Gasteiger partial charge in [0.2, 0.25) is 0 Å². The van der Waals surface area contributed by atoms with Crippen LogP contribution in [0.2, 0.25) is 0 Å². The lowest BCUT2D eigenvalue weighted by Crippen LogP contribution is -2.54. The van der Waals surface area contributed by atoms with Crippen LogP contribution in [0.25, 0.3) is 0 Å². The molecule has 0 aliphatic carbocycles. The van der Waals surface area contributed by atoms with Crippen molar-refractivity contribution in [3.8, 4) is 0 Å². The Balaban J connectivity index is 4.47. The van der Waals surface area contributed by atoms with E-state index < -0.39 is 23.9 Å². The number of hydrogen-bond acceptors (Lipinski definition) is 5. The average molecular weight is 178 g/mol. The van der Waals surface area contributed by atoms with Crippen molar-refractivity contribution in [3.63, 3.8) is 0 Å². The Hall–Kier alpha value is -0.490. The first kappa shape index (κ1) is 11.5. The lowest BCUT2D eigenvalue weighted by molar-refractivity contribution is -0.166. The van der Waals surface area contributed by atoms with Gasteiger partial charge in [0, 0.05) is 0 Å². The summed E-state index contributed by atoms with van der Waals surface area (Å²) >= 11 is 0. The minimum Gasteiger partial charge on any atom is -0.391 e. The van der Waals surface area contributed by atoms with Gasteiger partial charge in [-0.2, -0.15) is 0 Å². The average Bonchev–Trinajstić information content (AvgIpc) is 2.01. The van der Waals surface area contributed by atoms with E-state index in [4.69, 9.17) is 15.3 Å². The summed E-state index contributed by atoms with van der Waals surface area (Å²) in [6.07, 6.45) is -4.37. The Morgan fingerprint density at radius 3 is 2.00 bits per heavy atom. The summed E-state index contributed by atoms with van der Waals surface area (Å²) in [7, 11) is 0. The van der Waals surface area contributed by atoms with Crippen LogP contribution in [-0.2, 0) is 4.79 Å². The van der Waals surface area contributed by atoms with Crippen molar-refractivity contribution in [1.29, 1.82) is 0 Å². The smallest absolute Gasteiger partial charge is 0.151 e. The zero-order valence-electron chi connectivity index (χ0n) is 7.01. The molecule has 0 radical (unpaired) electrons. The lowest BCUT2D eigenvalue weighted by atomic mass is 9.90. The number of hydrogen-bond donors (Lipinski definition) is 4. The molecule has 0 heterocycles. The predicted octanol–water partition coefficient (Wildman–Crippen LogP) is -1.96. The van der Waals surface area contributed by atoms with Crippen molar-refractivity contribution < 1.29 is 25.2 Å². The Bertz CT molecular complexity index is 154.